The van der Waals surface area contributed by atoms with Crippen LogP contribution < -0.4 is 10.1 Å². The highest BCUT2D eigenvalue weighted by molar-refractivity contribution is 5.97. The highest BCUT2D eigenvalue weighted by Crippen LogP contribution is 2.13. The average Bonchev–Trinajstić information content (AvgIpc) is 2.61. The first kappa shape index (κ1) is 18.5. The number of hydrogen-bond donors (Lipinski definition) is 1. The van der Waals surface area contributed by atoms with Crippen LogP contribution in [0.25, 0.3) is 0 Å². The Labute approximate surface area is 148 Å². The van der Waals surface area contributed by atoms with E-state index in [1.54, 1.807) is 18.0 Å². The average molecular weight is 340 g/mol. The van der Waals surface area contributed by atoms with Gasteiger partial charge in [-0.2, -0.15) is 0 Å². The van der Waals surface area contributed by atoms with Crippen molar-refractivity contribution >= 4 is 11.8 Å². The van der Waals surface area contributed by atoms with E-state index in [2.05, 4.69) is 5.32 Å². The van der Waals surface area contributed by atoms with Gasteiger partial charge in [-0.1, -0.05) is 30.3 Å². The minimum atomic E-state index is -0.235. The second-order valence-corrected chi connectivity index (χ2v) is 5.82. The molecular weight excluding hydrogens is 316 g/mol. The fourth-order valence-corrected chi connectivity index (χ4v) is 2.43. The molecule has 0 radical (unpaired) electrons. The van der Waals surface area contributed by atoms with Gasteiger partial charge in [0.25, 0.3) is 5.91 Å². The molecule has 25 heavy (non-hydrogen) atoms. The van der Waals surface area contributed by atoms with Crippen LogP contribution in [0.1, 0.15) is 28.4 Å². The first-order valence-corrected chi connectivity index (χ1v) is 8.30. The zero-order valence-corrected chi connectivity index (χ0v) is 14.9. The van der Waals surface area contributed by atoms with Gasteiger partial charge in [-0.05, 0) is 43.2 Å². The smallest absolute Gasteiger partial charge is 0.251 e. The summed E-state index contributed by atoms with van der Waals surface area (Å²) in [5, 5.41) is 2.68. The summed E-state index contributed by atoms with van der Waals surface area (Å²) in [5.41, 5.74) is 2.48. The van der Waals surface area contributed by atoms with E-state index in [1.807, 2.05) is 56.3 Å². The molecule has 1 N–H and O–H groups in total. The van der Waals surface area contributed by atoms with Gasteiger partial charge in [0, 0.05) is 19.2 Å². The van der Waals surface area contributed by atoms with Gasteiger partial charge in [-0.3, -0.25) is 9.59 Å². The normalized spacial score (nSPS) is 10.2. The van der Waals surface area contributed by atoms with Gasteiger partial charge in [-0.25, -0.2) is 0 Å². The van der Waals surface area contributed by atoms with Gasteiger partial charge >= 0.3 is 0 Å². The summed E-state index contributed by atoms with van der Waals surface area (Å²) < 4.78 is 5.40. The van der Waals surface area contributed by atoms with Crippen LogP contribution in [-0.4, -0.2) is 36.9 Å². The zero-order valence-electron chi connectivity index (χ0n) is 14.9. The largest absolute Gasteiger partial charge is 0.494 e. The Balaban J connectivity index is 1.85. The van der Waals surface area contributed by atoms with Crippen LogP contribution in [0, 0.1) is 6.92 Å². The van der Waals surface area contributed by atoms with E-state index >= 15 is 0 Å². The van der Waals surface area contributed by atoms with Gasteiger partial charge in [-0.15, -0.1) is 0 Å². The molecule has 0 aromatic heterocycles. The molecule has 5 nitrogen and oxygen atoms in total. The number of aryl methyl sites for hydroxylation is 1. The molecule has 0 atom stereocenters. The second-order valence-electron chi connectivity index (χ2n) is 5.82. The number of amides is 2. The van der Waals surface area contributed by atoms with Gasteiger partial charge in [0.1, 0.15) is 5.75 Å². The lowest BCUT2D eigenvalue weighted by molar-refractivity contribution is -0.129. The molecule has 2 rings (SSSR count). The summed E-state index contributed by atoms with van der Waals surface area (Å²) in [4.78, 5) is 26.0. The monoisotopic (exact) mass is 340 g/mol. The highest BCUT2D eigenvalue weighted by atomic mass is 16.5. The molecule has 5 heteroatoms. The first-order chi connectivity index (χ1) is 12.0. The lowest BCUT2D eigenvalue weighted by atomic mass is 10.1. The van der Waals surface area contributed by atoms with Crippen LogP contribution in [-0.2, 0) is 11.3 Å². The summed E-state index contributed by atoms with van der Waals surface area (Å²) in [6.07, 6.45) is 0. The third-order valence-electron chi connectivity index (χ3n) is 3.87. The van der Waals surface area contributed by atoms with Crippen LogP contribution in [0.5, 0.6) is 5.75 Å². The number of likely N-dealkylation sites (N-methyl/N-ethyl adjacent to an activating group) is 1. The number of benzene rings is 2. The number of carbonyl (C=O) groups is 2. The molecule has 132 valence electrons. The lowest BCUT2D eigenvalue weighted by Crippen LogP contribution is -2.38. The molecule has 0 aliphatic heterocycles. The molecule has 0 bridgehead atoms. The molecule has 0 saturated heterocycles. The maximum atomic E-state index is 12.2. The van der Waals surface area contributed by atoms with Crippen molar-refractivity contribution in [1.82, 2.24) is 10.2 Å². The quantitative estimate of drug-likeness (QED) is 0.843. The van der Waals surface area contributed by atoms with Crippen LogP contribution in [0.15, 0.2) is 48.5 Å². The van der Waals surface area contributed by atoms with E-state index in [-0.39, 0.29) is 18.4 Å². The second kappa shape index (κ2) is 8.87. The first-order valence-electron chi connectivity index (χ1n) is 8.30. The molecule has 2 amide bonds. The number of nitrogens with one attached hydrogen (secondary N) is 1. The van der Waals surface area contributed by atoms with Crippen LogP contribution in [0.3, 0.4) is 0 Å². The number of ether oxygens (including phenoxy) is 1. The van der Waals surface area contributed by atoms with Crippen molar-refractivity contribution in [2.45, 2.75) is 20.4 Å². The molecule has 0 aliphatic rings. The fraction of sp³-hybridized carbons (Fsp3) is 0.300. The lowest BCUT2D eigenvalue weighted by Gasteiger charge is -2.18. The summed E-state index contributed by atoms with van der Waals surface area (Å²) in [6.45, 7) is 4.88. The van der Waals surface area contributed by atoms with Crippen molar-refractivity contribution in [2.75, 3.05) is 20.2 Å². The Hall–Kier alpha value is -2.82. The Bertz CT molecular complexity index is 726. The molecular formula is C20H24N2O3. The SMILES string of the molecule is CCOc1ccc(CN(C)C(=O)CNC(=O)c2ccccc2C)cc1. The Morgan fingerprint density at radius 1 is 1.08 bits per heavy atom. The minimum Gasteiger partial charge on any atom is -0.494 e. The highest BCUT2D eigenvalue weighted by Gasteiger charge is 2.13. The molecule has 0 fully saturated rings. The Kier molecular flexibility index (Phi) is 6.57. The van der Waals surface area contributed by atoms with Crippen molar-refractivity contribution in [2.24, 2.45) is 0 Å². The summed E-state index contributed by atoms with van der Waals surface area (Å²) >= 11 is 0. The van der Waals surface area contributed by atoms with E-state index in [1.165, 1.54) is 0 Å². The van der Waals surface area contributed by atoms with Gasteiger partial charge < -0.3 is 15.0 Å². The predicted molar refractivity (Wildman–Crippen MR) is 97.6 cm³/mol. The molecule has 0 spiro atoms. The number of rotatable bonds is 7. The summed E-state index contributed by atoms with van der Waals surface area (Å²) in [5.74, 6) is 0.433. The summed E-state index contributed by atoms with van der Waals surface area (Å²) in [6, 6.07) is 14.9. The zero-order chi connectivity index (χ0) is 18.2. The third-order valence-corrected chi connectivity index (χ3v) is 3.87. The van der Waals surface area contributed by atoms with E-state index in [4.69, 9.17) is 4.74 Å². The number of nitrogens with zero attached hydrogens (tertiary/aromatic N) is 1. The van der Waals surface area contributed by atoms with Gasteiger partial charge in [0.15, 0.2) is 0 Å². The van der Waals surface area contributed by atoms with E-state index in [0.717, 1.165) is 16.9 Å². The summed E-state index contributed by atoms with van der Waals surface area (Å²) in [7, 11) is 1.72. The number of carbonyl (C=O) groups excluding carboxylic acids is 2. The topological polar surface area (TPSA) is 58.6 Å². The van der Waals surface area contributed by atoms with Gasteiger partial charge in [0.05, 0.1) is 13.2 Å². The van der Waals surface area contributed by atoms with Crippen LogP contribution in [0.4, 0.5) is 0 Å². The fourth-order valence-electron chi connectivity index (χ4n) is 2.43. The van der Waals surface area contributed by atoms with Crippen LogP contribution >= 0.6 is 0 Å². The molecule has 0 saturated carbocycles. The van der Waals surface area contributed by atoms with Crippen LogP contribution in [0.2, 0.25) is 0 Å². The van der Waals surface area contributed by atoms with E-state index < -0.39 is 0 Å². The van der Waals surface area contributed by atoms with Crippen molar-refractivity contribution in [3.63, 3.8) is 0 Å². The third kappa shape index (κ3) is 5.35. The molecule has 0 aliphatic carbocycles. The van der Waals surface area contributed by atoms with Crippen molar-refractivity contribution < 1.29 is 14.3 Å². The van der Waals surface area contributed by atoms with Gasteiger partial charge in [0.2, 0.25) is 5.91 Å². The van der Waals surface area contributed by atoms with Crippen molar-refractivity contribution in [3.05, 3.63) is 65.2 Å². The number of hydrogen-bond acceptors (Lipinski definition) is 3. The molecule has 0 heterocycles. The molecule has 2 aromatic rings. The molecule has 2 aromatic carbocycles. The van der Waals surface area contributed by atoms with E-state index in [0.29, 0.717) is 18.7 Å². The molecule has 0 unspecified atom stereocenters. The van der Waals surface area contributed by atoms with E-state index in [9.17, 15) is 9.59 Å². The standard InChI is InChI=1S/C20H24N2O3/c1-4-25-17-11-9-16(10-12-17)14-22(3)19(23)13-21-20(24)18-8-6-5-7-15(18)2/h5-12H,4,13-14H2,1-3H3,(H,21,24). The predicted octanol–water partition coefficient (Wildman–Crippen LogP) is 2.78. The Morgan fingerprint density at radius 2 is 1.76 bits per heavy atom. The maximum absolute atomic E-state index is 12.2. The Morgan fingerprint density at radius 3 is 2.40 bits per heavy atom. The minimum absolute atomic E-state index is 0.0271. The maximum Gasteiger partial charge on any atom is 0.251 e. The van der Waals surface area contributed by atoms with Crippen molar-refractivity contribution in [3.8, 4) is 5.75 Å². The van der Waals surface area contributed by atoms with Crippen molar-refractivity contribution in [1.29, 1.82) is 0 Å².